The molecule has 0 spiro atoms. The zero-order chi connectivity index (χ0) is 25.4. The van der Waals surface area contributed by atoms with Crippen LogP contribution in [-0.4, -0.2) is 0 Å². The van der Waals surface area contributed by atoms with Crippen LogP contribution in [0.2, 0.25) is 0 Å². The first-order chi connectivity index (χ1) is 15.2. The molecule has 0 radical (unpaired) electrons. The Morgan fingerprint density at radius 1 is 0.364 bits per heavy atom. The fourth-order valence-corrected chi connectivity index (χ4v) is 1.81. The van der Waals surface area contributed by atoms with E-state index in [1.807, 2.05) is 0 Å². The summed E-state index contributed by atoms with van der Waals surface area (Å²) in [5.74, 6) is -38.6. The van der Waals surface area contributed by atoms with Crippen molar-refractivity contribution in [2.45, 2.75) is 0 Å². The molecule has 33 heavy (non-hydrogen) atoms. The minimum atomic E-state index is -3.46. The quantitative estimate of drug-likeness (QED) is 0.189. The molecule has 2 rings (SSSR count). The molecular formula is C16F14O3. The molecule has 0 saturated heterocycles. The molecule has 0 N–H and O–H groups in total. The lowest BCUT2D eigenvalue weighted by Gasteiger charge is -2.15. The van der Waals surface area contributed by atoms with Crippen LogP contribution in [0.1, 0.15) is 0 Å². The molecule has 0 atom stereocenters. The Morgan fingerprint density at radius 3 is 0.788 bits per heavy atom. The lowest BCUT2D eigenvalue weighted by atomic mass is 10.2. The van der Waals surface area contributed by atoms with Crippen molar-refractivity contribution < 1.29 is 75.7 Å². The van der Waals surface area contributed by atoms with Gasteiger partial charge in [0, 0.05) is 0 Å². The molecule has 0 unspecified atom stereocenters. The zero-order valence-electron chi connectivity index (χ0n) is 14.5. The van der Waals surface area contributed by atoms with E-state index in [9.17, 15) is 61.5 Å². The molecule has 0 fully saturated rings. The Hall–Kier alpha value is -3.66. The topological polar surface area (TPSA) is 27.7 Å². The molecule has 0 aliphatic heterocycles. The fourth-order valence-electron chi connectivity index (χ4n) is 1.81. The van der Waals surface area contributed by atoms with Gasteiger partial charge in [0.2, 0.25) is 69.7 Å². The van der Waals surface area contributed by atoms with Crippen LogP contribution in [0.4, 0.5) is 61.5 Å². The second-order valence-corrected chi connectivity index (χ2v) is 5.20. The minimum absolute atomic E-state index is 2.51. The highest BCUT2D eigenvalue weighted by molar-refractivity contribution is 5.32. The molecule has 0 aliphatic rings. The van der Waals surface area contributed by atoms with E-state index in [0.717, 1.165) is 0 Å². The Kier molecular flexibility index (Phi) is 7.33. The molecular weight excluding hydrogens is 506 g/mol. The van der Waals surface area contributed by atoms with E-state index in [0.29, 0.717) is 0 Å². The maximum absolute atomic E-state index is 13.5. The highest BCUT2D eigenvalue weighted by Gasteiger charge is 2.33. The average molecular weight is 506 g/mol. The lowest BCUT2D eigenvalue weighted by molar-refractivity contribution is 0.0461. The van der Waals surface area contributed by atoms with Crippen molar-refractivity contribution in [3.63, 3.8) is 0 Å². The van der Waals surface area contributed by atoms with Crippen LogP contribution in [0.25, 0.3) is 0 Å². The molecule has 0 aliphatic carbocycles. The van der Waals surface area contributed by atoms with E-state index in [4.69, 9.17) is 0 Å². The van der Waals surface area contributed by atoms with Gasteiger partial charge in [-0.25, -0.2) is 26.3 Å². The first kappa shape index (κ1) is 25.6. The number of hydrogen-bond donors (Lipinski definition) is 0. The Bertz CT molecular complexity index is 1030. The third kappa shape index (κ3) is 4.75. The van der Waals surface area contributed by atoms with Gasteiger partial charge < -0.3 is 14.2 Å². The summed E-state index contributed by atoms with van der Waals surface area (Å²) in [6.07, 6.45) is -6.92. The molecule has 2 aromatic rings. The van der Waals surface area contributed by atoms with Gasteiger partial charge in [-0.2, -0.15) is 35.1 Å². The Morgan fingerprint density at radius 2 is 0.576 bits per heavy atom. The highest BCUT2D eigenvalue weighted by atomic mass is 19.3. The van der Waals surface area contributed by atoms with E-state index >= 15 is 0 Å². The van der Waals surface area contributed by atoms with Crippen LogP contribution in [0.3, 0.4) is 0 Å². The minimum Gasteiger partial charge on any atom is -0.415 e. The summed E-state index contributed by atoms with van der Waals surface area (Å²) in [6.45, 7) is 0. The van der Waals surface area contributed by atoms with E-state index in [2.05, 4.69) is 14.2 Å². The standard InChI is InChI=1S/C16F14O3/c17-1-3(19)7(23)11(8(24)4(1)20)31-15(13(27)28)33-16(14(29)30)32-12-9(25)5(21)2(18)6(22)10(12)26. The number of rotatable bonds is 6. The average Bonchev–Trinajstić information content (AvgIpc) is 2.76. The van der Waals surface area contributed by atoms with Crippen molar-refractivity contribution in [2.75, 3.05) is 0 Å². The molecule has 0 aromatic heterocycles. The van der Waals surface area contributed by atoms with Gasteiger partial charge in [0.25, 0.3) is 0 Å². The molecule has 180 valence electrons. The van der Waals surface area contributed by atoms with Crippen LogP contribution in [-0.2, 0) is 4.74 Å². The summed E-state index contributed by atoms with van der Waals surface area (Å²) in [5.41, 5.74) is 0. The summed E-state index contributed by atoms with van der Waals surface area (Å²) in [7, 11) is 0. The maximum atomic E-state index is 13.5. The van der Waals surface area contributed by atoms with Gasteiger partial charge in [-0.3, -0.25) is 0 Å². The van der Waals surface area contributed by atoms with Crippen molar-refractivity contribution >= 4 is 0 Å². The summed E-state index contributed by atoms with van der Waals surface area (Å²) >= 11 is 0. The van der Waals surface area contributed by atoms with Crippen molar-refractivity contribution in [1.29, 1.82) is 0 Å². The Balaban J connectivity index is 2.51. The van der Waals surface area contributed by atoms with Crippen molar-refractivity contribution in [3.8, 4) is 11.5 Å². The number of ether oxygens (including phenoxy) is 3. The summed E-state index contributed by atoms with van der Waals surface area (Å²) in [4.78, 5) is 0. The SMILES string of the molecule is FC(F)=C(OC(Oc1c(F)c(F)c(F)c(F)c1F)=C(F)F)Oc1c(F)c(F)c(F)c(F)c1F. The number of benzene rings is 2. The van der Waals surface area contributed by atoms with Gasteiger partial charge in [-0.1, -0.05) is 0 Å². The molecule has 3 nitrogen and oxygen atoms in total. The van der Waals surface area contributed by atoms with Gasteiger partial charge in [0.1, 0.15) is 0 Å². The van der Waals surface area contributed by atoms with Crippen LogP contribution in [0, 0.1) is 58.2 Å². The van der Waals surface area contributed by atoms with E-state index in [-0.39, 0.29) is 0 Å². The van der Waals surface area contributed by atoms with Crippen molar-refractivity contribution in [2.24, 2.45) is 0 Å². The summed E-state index contributed by atoms with van der Waals surface area (Å²) < 4.78 is 195. The number of hydrogen-bond acceptors (Lipinski definition) is 3. The smallest absolute Gasteiger partial charge is 0.361 e. The molecule has 0 bridgehead atoms. The molecule has 0 amide bonds. The van der Waals surface area contributed by atoms with Gasteiger partial charge in [-0.05, 0) is 0 Å². The van der Waals surface area contributed by atoms with E-state index < -0.39 is 93.7 Å². The maximum Gasteiger partial charge on any atom is 0.361 e. The first-order valence-corrected chi connectivity index (χ1v) is 7.37. The fraction of sp³-hybridized carbons (Fsp3) is 0. The lowest BCUT2D eigenvalue weighted by Crippen LogP contribution is -2.13. The van der Waals surface area contributed by atoms with Gasteiger partial charge in [-0.15, -0.1) is 0 Å². The molecule has 2 aromatic carbocycles. The van der Waals surface area contributed by atoms with Gasteiger partial charge in [0.15, 0.2) is 0 Å². The number of halogens is 14. The zero-order valence-corrected chi connectivity index (χ0v) is 14.5. The van der Waals surface area contributed by atoms with Crippen molar-refractivity contribution in [3.05, 3.63) is 82.2 Å². The summed E-state index contributed by atoms with van der Waals surface area (Å²) in [5, 5.41) is 0. The second kappa shape index (κ2) is 9.45. The van der Waals surface area contributed by atoms with Gasteiger partial charge in [0.05, 0.1) is 0 Å². The normalized spacial score (nSPS) is 10.7. The predicted octanol–water partition coefficient (Wildman–Crippen LogP) is 6.68. The molecule has 0 saturated carbocycles. The van der Waals surface area contributed by atoms with Crippen LogP contribution < -0.4 is 9.47 Å². The molecule has 0 heterocycles. The largest absolute Gasteiger partial charge is 0.415 e. The Labute approximate surface area is 170 Å². The van der Waals surface area contributed by atoms with E-state index in [1.54, 1.807) is 0 Å². The van der Waals surface area contributed by atoms with E-state index in [1.165, 1.54) is 0 Å². The first-order valence-electron chi connectivity index (χ1n) is 7.37. The third-order valence-corrected chi connectivity index (χ3v) is 3.22. The molecule has 17 heteroatoms. The van der Waals surface area contributed by atoms with Crippen molar-refractivity contribution in [1.82, 2.24) is 0 Å². The van der Waals surface area contributed by atoms with Gasteiger partial charge >= 0.3 is 24.1 Å². The monoisotopic (exact) mass is 506 g/mol. The second-order valence-electron chi connectivity index (χ2n) is 5.20. The van der Waals surface area contributed by atoms with Crippen LogP contribution in [0.15, 0.2) is 24.1 Å². The highest BCUT2D eigenvalue weighted by Crippen LogP contribution is 2.34. The van der Waals surface area contributed by atoms with Crippen LogP contribution in [0.5, 0.6) is 11.5 Å². The third-order valence-electron chi connectivity index (χ3n) is 3.22. The summed E-state index contributed by atoms with van der Waals surface area (Å²) in [6, 6.07) is 0. The predicted molar refractivity (Wildman–Crippen MR) is 73.3 cm³/mol. The van der Waals surface area contributed by atoms with Crippen LogP contribution >= 0.6 is 0 Å².